The van der Waals surface area contributed by atoms with Crippen molar-refractivity contribution in [3.05, 3.63) is 58.1 Å². The van der Waals surface area contributed by atoms with E-state index in [9.17, 15) is 29.3 Å². The summed E-state index contributed by atoms with van der Waals surface area (Å²) in [4.78, 5) is 58.5. The van der Waals surface area contributed by atoms with Crippen LogP contribution in [0.1, 0.15) is 39.7 Å². The summed E-state index contributed by atoms with van der Waals surface area (Å²) in [6.45, 7) is 4.41. The van der Waals surface area contributed by atoms with Gasteiger partial charge in [-0.05, 0) is 36.8 Å². The number of benzene rings is 2. The summed E-state index contributed by atoms with van der Waals surface area (Å²) < 4.78 is 39.6. The summed E-state index contributed by atoms with van der Waals surface area (Å²) in [7, 11) is 0. The largest absolute Gasteiger partial charge is 0.489 e. The van der Waals surface area contributed by atoms with E-state index in [2.05, 4.69) is 5.32 Å². The molecule has 2 N–H and O–H groups in total. The summed E-state index contributed by atoms with van der Waals surface area (Å²) in [6.07, 6.45) is -6.44. The molecular formula is C30H36N2O14. The number of non-ortho nitro benzene ring substituents is 1. The molecule has 2 aromatic carbocycles. The van der Waals surface area contributed by atoms with E-state index in [-0.39, 0.29) is 24.7 Å². The number of nitro benzene ring substituents is 1. The maximum Gasteiger partial charge on any atom is 0.303 e. The zero-order valence-electron chi connectivity index (χ0n) is 25.7. The maximum atomic E-state index is 12.2. The number of aliphatic hydroxyl groups excluding tert-OH is 1. The van der Waals surface area contributed by atoms with Crippen molar-refractivity contribution < 1.29 is 62.4 Å². The van der Waals surface area contributed by atoms with E-state index in [0.29, 0.717) is 30.0 Å². The molecule has 2 aromatic rings. The Morgan fingerprint density at radius 2 is 1.52 bits per heavy atom. The molecule has 1 saturated heterocycles. The predicted octanol–water partition coefficient (Wildman–Crippen LogP) is 2.43. The van der Waals surface area contributed by atoms with Gasteiger partial charge in [0.1, 0.15) is 30.8 Å². The molecule has 0 unspecified atom stereocenters. The molecule has 16 heteroatoms. The van der Waals surface area contributed by atoms with Gasteiger partial charge in [-0.3, -0.25) is 29.3 Å². The number of esters is 4. The van der Waals surface area contributed by atoms with E-state index in [0.717, 1.165) is 27.7 Å². The predicted molar refractivity (Wildman–Crippen MR) is 157 cm³/mol. The molecule has 0 aromatic heterocycles. The van der Waals surface area contributed by atoms with Crippen molar-refractivity contribution in [1.82, 2.24) is 0 Å². The van der Waals surface area contributed by atoms with Crippen LogP contribution in [0.25, 0.3) is 0 Å². The molecule has 0 aliphatic carbocycles. The first-order valence-electron chi connectivity index (χ1n) is 14.2. The van der Waals surface area contributed by atoms with Crippen LogP contribution in [0.2, 0.25) is 0 Å². The lowest BCUT2D eigenvalue weighted by molar-refractivity contribution is -0.384. The van der Waals surface area contributed by atoms with Crippen LogP contribution < -0.4 is 14.8 Å². The molecule has 1 aliphatic rings. The van der Waals surface area contributed by atoms with Crippen LogP contribution >= 0.6 is 0 Å². The molecule has 1 heterocycles. The van der Waals surface area contributed by atoms with Crippen molar-refractivity contribution in [2.45, 2.75) is 71.4 Å². The van der Waals surface area contributed by atoms with Gasteiger partial charge in [-0.25, -0.2) is 0 Å². The lowest BCUT2D eigenvalue weighted by Crippen LogP contribution is -2.63. The molecule has 0 spiro atoms. The first-order valence-corrected chi connectivity index (χ1v) is 14.2. The summed E-state index contributed by atoms with van der Waals surface area (Å²) in [5, 5.41) is 23.3. The highest BCUT2D eigenvalue weighted by Crippen LogP contribution is 2.33. The number of rotatable bonds is 15. The van der Waals surface area contributed by atoms with Gasteiger partial charge in [0.15, 0.2) is 12.2 Å². The van der Waals surface area contributed by atoms with Crippen LogP contribution in [-0.2, 0) is 49.5 Å². The summed E-state index contributed by atoms with van der Waals surface area (Å²) >= 11 is 0. The van der Waals surface area contributed by atoms with E-state index in [1.54, 1.807) is 18.2 Å². The topological polar surface area (TPSA) is 208 Å². The van der Waals surface area contributed by atoms with E-state index in [1.807, 2.05) is 0 Å². The highest BCUT2D eigenvalue weighted by atomic mass is 16.7. The number of carbonyl (C=O) groups is 4. The summed E-state index contributed by atoms with van der Waals surface area (Å²) in [6, 6.07) is 10.4. The summed E-state index contributed by atoms with van der Waals surface area (Å²) in [5.41, 5.74) is 0.972. The Balaban J connectivity index is 2.00. The van der Waals surface area contributed by atoms with Crippen molar-refractivity contribution in [2.24, 2.45) is 0 Å². The van der Waals surface area contributed by atoms with Gasteiger partial charge in [0.2, 0.25) is 12.4 Å². The van der Waals surface area contributed by atoms with Crippen molar-refractivity contribution in [1.29, 1.82) is 0 Å². The van der Waals surface area contributed by atoms with Gasteiger partial charge in [0.25, 0.3) is 5.69 Å². The maximum absolute atomic E-state index is 12.2. The van der Waals surface area contributed by atoms with Crippen LogP contribution in [0, 0.1) is 10.1 Å². The zero-order valence-corrected chi connectivity index (χ0v) is 25.7. The number of anilines is 1. The molecule has 46 heavy (non-hydrogen) atoms. The lowest BCUT2D eigenvalue weighted by Gasteiger charge is -2.44. The molecule has 5 atom stereocenters. The average molecular weight is 649 g/mol. The van der Waals surface area contributed by atoms with Gasteiger partial charge in [0.05, 0.1) is 4.92 Å². The monoisotopic (exact) mass is 648 g/mol. The average Bonchev–Trinajstić information content (AvgIpc) is 2.98. The number of carbonyl (C=O) groups excluding carboxylic acids is 4. The third-order valence-corrected chi connectivity index (χ3v) is 6.36. The van der Waals surface area contributed by atoms with Gasteiger partial charge in [-0.1, -0.05) is 0 Å². The fraction of sp³-hybridized carbons (Fsp3) is 0.467. The number of aliphatic hydroxyl groups is 1. The molecular weight excluding hydrogens is 612 g/mol. The molecule has 3 rings (SSSR count). The van der Waals surface area contributed by atoms with Crippen molar-refractivity contribution >= 4 is 35.3 Å². The van der Waals surface area contributed by atoms with Crippen LogP contribution in [0.5, 0.6) is 11.5 Å². The number of nitrogens with one attached hydrogen (secondary N) is 1. The van der Waals surface area contributed by atoms with E-state index >= 15 is 0 Å². The molecule has 250 valence electrons. The first kappa shape index (κ1) is 35.5. The quantitative estimate of drug-likeness (QED) is 0.0934. The second-order valence-electron chi connectivity index (χ2n) is 10.1. The van der Waals surface area contributed by atoms with Crippen LogP contribution in [0.15, 0.2) is 42.5 Å². The minimum Gasteiger partial charge on any atom is -0.489 e. The minimum atomic E-state index is -1.48. The standard InChI is InChI=1S/C30H36N2O14/c1-17(34)40-16-26-27(42-18(2)35)28(43-19(3)36)29(44-20(4)37)30(46-26)45-25-11-6-22(31-12-5-13-33)14-21(25)15-41-24-9-7-23(8-10-24)32(38)39/h6-11,14,26-31,33H,5,12-13,15-16H2,1-4H3/t26-,27+,28+,29-,30-/m1/s1. The first-order chi connectivity index (χ1) is 21.9. The molecule has 0 saturated carbocycles. The Hall–Kier alpha value is -4.96. The molecule has 1 fully saturated rings. The van der Waals surface area contributed by atoms with Gasteiger partial charge < -0.3 is 43.6 Å². The smallest absolute Gasteiger partial charge is 0.303 e. The SMILES string of the molecule is CC(=O)OC[C@H]1O[C@@H](Oc2ccc(NCCCO)cc2COc2ccc([N+](=O)[O-])cc2)[C@H](OC(C)=O)[C@@H](OC(C)=O)[C@H]1OC(C)=O. The number of ether oxygens (including phenoxy) is 7. The molecule has 0 radical (unpaired) electrons. The molecule has 0 bridgehead atoms. The lowest BCUT2D eigenvalue weighted by atomic mass is 9.98. The van der Waals surface area contributed by atoms with Gasteiger partial charge in [-0.15, -0.1) is 0 Å². The minimum absolute atomic E-state index is 0.0206. The highest BCUT2D eigenvalue weighted by molar-refractivity contribution is 5.68. The second kappa shape index (κ2) is 16.9. The van der Waals surface area contributed by atoms with E-state index in [4.69, 9.17) is 38.3 Å². The second-order valence-corrected chi connectivity index (χ2v) is 10.1. The van der Waals surface area contributed by atoms with Crippen molar-refractivity contribution in [3.8, 4) is 11.5 Å². The fourth-order valence-corrected chi connectivity index (χ4v) is 4.46. The number of hydrogen-bond acceptors (Lipinski definition) is 15. The van der Waals surface area contributed by atoms with E-state index in [1.165, 1.54) is 24.3 Å². The normalized spacial score (nSPS) is 20.5. The third-order valence-electron chi connectivity index (χ3n) is 6.36. The molecule has 16 nitrogen and oxygen atoms in total. The van der Waals surface area contributed by atoms with E-state index < -0.39 is 66.1 Å². The molecule has 1 aliphatic heterocycles. The van der Waals surface area contributed by atoms with Crippen LogP contribution in [0.4, 0.5) is 11.4 Å². The third kappa shape index (κ3) is 10.6. The van der Waals surface area contributed by atoms with Crippen molar-refractivity contribution in [2.75, 3.05) is 25.1 Å². The van der Waals surface area contributed by atoms with Crippen LogP contribution in [-0.4, -0.2) is 84.4 Å². The van der Waals surface area contributed by atoms with Crippen LogP contribution in [0.3, 0.4) is 0 Å². The van der Waals surface area contributed by atoms with Gasteiger partial charge in [-0.2, -0.15) is 0 Å². The van der Waals surface area contributed by atoms with Gasteiger partial charge in [0, 0.05) is 64.2 Å². The number of nitrogens with zero attached hydrogens (tertiary/aromatic N) is 1. The number of nitro groups is 1. The Morgan fingerprint density at radius 3 is 2.11 bits per heavy atom. The highest BCUT2D eigenvalue weighted by Gasteiger charge is 2.53. The Bertz CT molecular complexity index is 1380. The Labute approximate surface area is 263 Å². The zero-order chi connectivity index (χ0) is 33.8. The van der Waals surface area contributed by atoms with Gasteiger partial charge >= 0.3 is 23.9 Å². The van der Waals surface area contributed by atoms with Crippen molar-refractivity contribution in [3.63, 3.8) is 0 Å². The Kier molecular flexibility index (Phi) is 13.1. The Morgan fingerprint density at radius 1 is 0.891 bits per heavy atom. The fourth-order valence-electron chi connectivity index (χ4n) is 4.46. The molecule has 0 amide bonds. The summed E-state index contributed by atoms with van der Waals surface area (Å²) in [5.74, 6) is -2.51. The number of hydrogen-bond donors (Lipinski definition) is 2.